The smallest absolute Gasteiger partial charge is 0.309 e. The second-order valence-electron chi connectivity index (χ2n) is 6.91. The van der Waals surface area contributed by atoms with Crippen molar-refractivity contribution >= 4 is 11.7 Å². The van der Waals surface area contributed by atoms with Crippen molar-refractivity contribution in [1.29, 1.82) is 0 Å². The average molecular weight is 398 g/mol. The Morgan fingerprint density at radius 3 is 2.61 bits per heavy atom. The summed E-state index contributed by atoms with van der Waals surface area (Å²) in [6.45, 7) is 3.02. The first-order valence-electron chi connectivity index (χ1n) is 9.27. The Morgan fingerprint density at radius 2 is 1.93 bits per heavy atom. The highest BCUT2D eigenvalue weighted by Gasteiger charge is 2.31. The molecule has 1 fully saturated rings. The van der Waals surface area contributed by atoms with Crippen LogP contribution in [0.25, 0.3) is 11.3 Å². The molecule has 0 unspecified atom stereocenters. The number of carbonyl (C=O) groups is 1. The molecule has 2 N–H and O–H groups in total. The summed E-state index contributed by atoms with van der Waals surface area (Å²) in [6, 6.07) is 3.68. The minimum absolute atomic E-state index is 0.0499. The van der Waals surface area contributed by atoms with Gasteiger partial charge in [-0.05, 0) is 57.1 Å². The second kappa shape index (κ2) is 8.72. The molecule has 1 aromatic heterocycles. The molecule has 2 heterocycles. The average Bonchev–Trinajstić information content (AvgIpc) is 3.10. The van der Waals surface area contributed by atoms with Crippen molar-refractivity contribution in [2.45, 2.75) is 38.3 Å². The van der Waals surface area contributed by atoms with Crippen molar-refractivity contribution in [3.8, 4) is 11.3 Å². The summed E-state index contributed by atoms with van der Waals surface area (Å²) < 4.78 is 51.9. The van der Waals surface area contributed by atoms with Crippen LogP contribution in [-0.2, 0) is 11.0 Å². The standard InChI is InChI=1S/C19H22F4N4O/c20-15-11-13(19(21,22)23)6-7-14(15)16-12-17(26-25-16)24-18(28)5-4-10-27-8-2-1-3-9-27/h6-7,11-12H,1-5,8-10H2,(H2,24,25,26,28). The molecular weight excluding hydrogens is 376 g/mol. The highest BCUT2D eigenvalue weighted by molar-refractivity contribution is 5.90. The maximum atomic E-state index is 14.0. The fourth-order valence-electron chi connectivity index (χ4n) is 3.29. The van der Waals surface area contributed by atoms with Gasteiger partial charge < -0.3 is 10.2 Å². The number of rotatable bonds is 6. The maximum absolute atomic E-state index is 14.0. The monoisotopic (exact) mass is 398 g/mol. The van der Waals surface area contributed by atoms with Crippen LogP contribution >= 0.6 is 0 Å². The van der Waals surface area contributed by atoms with Crippen molar-refractivity contribution in [2.24, 2.45) is 0 Å². The minimum atomic E-state index is -4.61. The zero-order valence-corrected chi connectivity index (χ0v) is 15.3. The van der Waals surface area contributed by atoms with Gasteiger partial charge in [-0.1, -0.05) is 6.42 Å². The van der Waals surface area contributed by atoms with E-state index in [1.54, 1.807) is 0 Å². The van der Waals surface area contributed by atoms with Gasteiger partial charge >= 0.3 is 6.18 Å². The predicted octanol–water partition coefficient (Wildman–Crippen LogP) is 4.44. The molecule has 1 aliphatic rings. The molecule has 152 valence electrons. The van der Waals surface area contributed by atoms with Crippen molar-refractivity contribution in [1.82, 2.24) is 15.1 Å². The van der Waals surface area contributed by atoms with Gasteiger partial charge in [0.15, 0.2) is 5.82 Å². The molecule has 1 saturated heterocycles. The summed E-state index contributed by atoms with van der Waals surface area (Å²) in [5, 5.41) is 9.05. The molecule has 0 aliphatic carbocycles. The van der Waals surface area contributed by atoms with Crippen LogP contribution in [0.15, 0.2) is 24.3 Å². The molecule has 28 heavy (non-hydrogen) atoms. The molecule has 1 aromatic carbocycles. The zero-order chi connectivity index (χ0) is 20.1. The number of anilines is 1. The normalized spacial score (nSPS) is 15.6. The molecule has 2 aromatic rings. The van der Waals surface area contributed by atoms with E-state index in [1.165, 1.54) is 25.3 Å². The number of benzene rings is 1. The molecule has 0 bridgehead atoms. The third-order valence-corrected chi connectivity index (χ3v) is 4.76. The van der Waals surface area contributed by atoms with Crippen molar-refractivity contribution in [3.63, 3.8) is 0 Å². The molecule has 9 heteroatoms. The number of aromatic amines is 1. The van der Waals surface area contributed by atoms with Gasteiger partial charge in [0.05, 0.1) is 11.3 Å². The van der Waals surface area contributed by atoms with E-state index in [1.807, 2.05) is 0 Å². The number of halogens is 4. The van der Waals surface area contributed by atoms with E-state index in [9.17, 15) is 22.4 Å². The topological polar surface area (TPSA) is 61.0 Å². The predicted molar refractivity (Wildman–Crippen MR) is 97.1 cm³/mol. The number of nitrogens with one attached hydrogen (secondary N) is 2. The third-order valence-electron chi connectivity index (χ3n) is 4.76. The highest BCUT2D eigenvalue weighted by atomic mass is 19.4. The van der Waals surface area contributed by atoms with Gasteiger partial charge in [0.1, 0.15) is 5.82 Å². The van der Waals surface area contributed by atoms with Gasteiger partial charge in [-0.3, -0.25) is 9.89 Å². The van der Waals surface area contributed by atoms with Crippen LogP contribution in [0.3, 0.4) is 0 Å². The maximum Gasteiger partial charge on any atom is 0.416 e. The first kappa shape index (κ1) is 20.3. The number of alkyl halides is 3. The van der Waals surface area contributed by atoms with Gasteiger partial charge in [-0.2, -0.15) is 18.3 Å². The van der Waals surface area contributed by atoms with E-state index in [0.29, 0.717) is 12.5 Å². The molecular formula is C19H22F4N4O. The molecule has 0 spiro atoms. The molecule has 3 rings (SSSR count). The summed E-state index contributed by atoms with van der Waals surface area (Å²) in [7, 11) is 0. The lowest BCUT2D eigenvalue weighted by Gasteiger charge is -2.26. The van der Waals surface area contributed by atoms with Crippen LogP contribution in [0.4, 0.5) is 23.4 Å². The first-order valence-corrected chi connectivity index (χ1v) is 9.27. The zero-order valence-electron chi connectivity index (χ0n) is 15.3. The minimum Gasteiger partial charge on any atom is -0.309 e. The number of carbonyl (C=O) groups excluding carboxylic acids is 1. The van der Waals surface area contributed by atoms with E-state index in [0.717, 1.165) is 38.2 Å². The van der Waals surface area contributed by atoms with Gasteiger partial charge in [0, 0.05) is 18.1 Å². The van der Waals surface area contributed by atoms with E-state index in [-0.39, 0.29) is 23.0 Å². The van der Waals surface area contributed by atoms with Crippen LogP contribution in [-0.4, -0.2) is 40.6 Å². The summed E-state index contributed by atoms with van der Waals surface area (Å²) in [6.07, 6.45) is 0.119. The van der Waals surface area contributed by atoms with E-state index >= 15 is 0 Å². The number of H-pyrrole nitrogens is 1. The van der Waals surface area contributed by atoms with Gasteiger partial charge in [0.2, 0.25) is 5.91 Å². The number of amides is 1. The fraction of sp³-hybridized carbons (Fsp3) is 0.474. The lowest BCUT2D eigenvalue weighted by atomic mass is 10.1. The third kappa shape index (κ3) is 5.31. The summed E-state index contributed by atoms with van der Waals surface area (Å²) in [5.41, 5.74) is -0.920. The number of aromatic nitrogens is 2. The van der Waals surface area contributed by atoms with Crippen LogP contribution in [0.1, 0.15) is 37.7 Å². The Labute approximate surface area is 160 Å². The van der Waals surface area contributed by atoms with Gasteiger partial charge in [0.25, 0.3) is 0 Å². The van der Waals surface area contributed by atoms with E-state index < -0.39 is 17.6 Å². The Kier molecular flexibility index (Phi) is 6.33. The molecule has 0 radical (unpaired) electrons. The fourth-order valence-corrected chi connectivity index (χ4v) is 3.29. The van der Waals surface area contributed by atoms with Crippen molar-refractivity contribution in [3.05, 3.63) is 35.6 Å². The quantitative estimate of drug-likeness (QED) is 0.708. The van der Waals surface area contributed by atoms with Gasteiger partial charge in [-0.25, -0.2) is 4.39 Å². The van der Waals surface area contributed by atoms with Crippen molar-refractivity contribution in [2.75, 3.05) is 25.0 Å². The molecule has 1 aliphatic heterocycles. The largest absolute Gasteiger partial charge is 0.416 e. The number of hydrogen-bond acceptors (Lipinski definition) is 3. The number of likely N-dealkylation sites (tertiary alicyclic amines) is 1. The lowest BCUT2D eigenvalue weighted by Crippen LogP contribution is -2.31. The Balaban J connectivity index is 1.54. The number of nitrogens with zero attached hydrogens (tertiary/aromatic N) is 2. The summed E-state index contributed by atoms with van der Waals surface area (Å²) in [5.74, 6) is -1.02. The van der Waals surface area contributed by atoms with Gasteiger partial charge in [-0.15, -0.1) is 0 Å². The summed E-state index contributed by atoms with van der Waals surface area (Å²) in [4.78, 5) is 14.4. The molecule has 5 nitrogen and oxygen atoms in total. The lowest BCUT2D eigenvalue weighted by molar-refractivity contribution is -0.137. The Bertz CT molecular complexity index is 813. The summed E-state index contributed by atoms with van der Waals surface area (Å²) >= 11 is 0. The first-order chi connectivity index (χ1) is 13.3. The second-order valence-corrected chi connectivity index (χ2v) is 6.91. The number of hydrogen-bond donors (Lipinski definition) is 2. The SMILES string of the molecule is O=C(CCCN1CCCCC1)Nc1cc(-c2ccc(C(F)(F)F)cc2F)[nH]n1. The Hall–Kier alpha value is -2.42. The Morgan fingerprint density at radius 1 is 1.18 bits per heavy atom. The molecule has 0 saturated carbocycles. The van der Waals surface area contributed by atoms with Crippen LogP contribution in [0, 0.1) is 5.82 Å². The van der Waals surface area contributed by atoms with Crippen LogP contribution in [0.5, 0.6) is 0 Å². The van der Waals surface area contributed by atoms with Crippen LogP contribution in [0.2, 0.25) is 0 Å². The molecule has 1 amide bonds. The highest BCUT2D eigenvalue weighted by Crippen LogP contribution is 2.32. The van der Waals surface area contributed by atoms with Crippen molar-refractivity contribution < 1.29 is 22.4 Å². The van der Waals surface area contributed by atoms with E-state index in [4.69, 9.17) is 0 Å². The number of piperidine rings is 1. The molecule has 0 atom stereocenters. The van der Waals surface area contributed by atoms with Crippen LogP contribution < -0.4 is 5.32 Å². The van der Waals surface area contributed by atoms with E-state index in [2.05, 4.69) is 20.4 Å².